The van der Waals surface area contributed by atoms with Crippen molar-refractivity contribution in [3.8, 4) is 12.1 Å². The number of benzene rings is 1. The summed E-state index contributed by atoms with van der Waals surface area (Å²) in [6, 6.07) is 10.3. The number of hydrogen-bond donors (Lipinski definition) is 0. The highest BCUT2D eigenvalue weighted by atomic mass is 16.1. The van der Waals surface area contributed by atoms with Crippen molar-refractivity contribution >= 4 is 5.78 Å². The zero-order valence-electron chi connectivity index (χ0n) is 8.40. The van der Waals surface area contributed by atoms with Gasteiger partial charge in [0.25, 0.3) is 0 Å². The third-order valence-electron chi connectivity index (χ3n) is 2.18. The predicted molar refractivity (Wildman–Crippen MR) is 54.9 cm³/mol. The molecule has 0 saturated heterocycles. The second-order valence-electron chi connectivity index (χ2n) is 3.14. The Kier molecular flexibility index (Phi) is 3.60. The molecule has 0 aromatic heterocycles. The molecule has 1 atom stereocenters. The average Bonchev–Trinajstić information content (AvgIpc) is 2.30. The highest BCUT2D eigenvalue weighted by Crippen LogP contribution is 2.12. The van der Waals surface area contributed by atoms with Gasteiger partial charge >= 0.3 is 0 Å². The summed E-state index contributed by atoms with van der Waals surface area (Å²) in [5, 5.41) is 17.3. The number of hydrogen-bond acceptors (Lipinski definition) is 3. The summed E-state index contributed by atoms with van der Waals surface area (Å²) in [6.45, 7) is 1.80. The largest absolute Gasteiger partial charge is 0.293 e. The number of carbonyl (C=O) groups excluding carboxylic acids is 1. The van der Waals surface area contributed by atoms with Gasteiger partial charge in [0.2, 0.25) is 0 Å². The molecule has 0 bridgehead atoms. The van der Waals surface area contributed by atoms with Gasteiger partial charge in [0, 0.05) is 5.56 Å². The lowest BCUT2D eigenvalue weighted by Gasteiger charge is -2.04. The van der Waals surface area contributed by atoms with E-state index in [1.807, 2.05) is 12.1 Å². The summed E-state index contributed by atoms with van der Waals surface area (Å²) in [5.74, 6) is -0.762. The van der Waals surface area contributed by atoms with Crippen LogP contribution in [0, 0.1) is 28.6 Å². The normalized spacial score (nSPS) is 11.1. The first-order valence-electron chi connectivity index (χ1n) is 4.67. The maximum atomic E-state index is 11.7. The summed E-state index contributed by atoms with van der Waals surface area (Å²) in [5.41, 5.74) is 0.999. The van der Waals surface area contributed by atoms with Gasteiger partial charge in [0.1, 0.15) is 5.92 Å². The smallest absolute Gasteiger partial charge is 0.179 e. The van der Waals surface area contributed by atoms with E-state index in [-0.39, 0.29) is 5.78 Å². The Bertz CT molecular complexity index is 434. The summed E-state index contributed by atoms with van der Waals surface area (Å²) in [7, 11) is 0. The lowest BCUT2D eigenvalue weighted by molar-refractivity contribution is 0.0946. The van der Waals surface area contributed by atoms with E-state index >= 15 is 0 Å². The zero-order valence-corrected chi connectivity index (χ0v) is 8.40. The first-order valence-corrected chi connectivity index (χ1v) is 4.67. The van der Waals surface area contributed by atoms with Crippen LogP contribution in [0.4, 0.5) is 0 Å². The topological polar surface area (TPSA) is 64.7 Å². The fraction of sp³-hybridized carbons (Fsp3) is 0.250. The number of ketones is 1. The van der Waals surface area contributed by atoms with Crippen molar-refractivity contribution in [3.05, 3.63) is 35.4 Å². The molecule has 1 aromatic carbocycles. The summed E-state index contributed by atoms with van der Waals surface area (Å²) < 4.78 is 0. The average molecular weight is 198 g/mol. The van der Waals surface area contributed by atoms with E-state index in [1.165, 1.54) is 0 Å². The molecule has 0 saturated carbocycles. The van der Waals surface area contributed by atoms with Crippen molar-refractivity contribution in [1.29, 1.82) is 10.5 Å². The second-order valence-corrected chi connectivity index (χ2v) is 3.14. The first-order chi connectivity index (χ1) is 7.22. The molecular weight excluding hydrogens is 188 g/mol. The molecule has 3 nitrogen and oxygen atoms in total. The van der Waals surface area contributed by atoms with E-state index in [9.17, 15) is 4.79 Å². The molecular formula is C12H10N2O. The fourth-order valence-corrected chi connectivity index (χ4v) is 1.25. The maximum Gasteiger partial charge on any atom is 0.179 e. The van der Waals surface area contributed by atoms with Crippen molar-refractivity contribution in [3.63, 3.8) is 0 Å². The number of nitrogens with zero attached hydrogens (tertiary/aromatic N) is 2. The third kappa shape index (κ3) is 2.42. The maximum absolute atomic E-state index is 11.7. The van der Waals surface area contributed by atoms with Crippen LogP contribution in [-0.2, 0) is 0 Å². The molecule has 3 heteroatoms. The van der Waals surface area contributed by atoms with Crippen LogP contribution >= 0.6 is 0 Å². The molecule has 0 spiro atoms. The Balaban J connectivity index is 2.94. The van der Waals surface area contributed by atoms with E-state index in [0.717, 1.165) is 0 Å². The van der Waals surface area contributed by atoms with E-state index in [4.69, 9.17) is 10.5 Å². The van der Waals surface area contributed by atoms with Gasteiger partial charge in [0.05, 0.1) is 17.7 Å². The Hall–Kier alpha value is -2.13. The third-order valence-corrected chi connectivity index (χ3v) is 2.18. The van der Waals surface area contributed by atoms with Crippen LogP contribution in [-0.4, -0.2) is 5.78 Å². The van der Waals surface area contributed by atoms with Crippen LogP contribution in [0.1, 0.15) is 29.3 Å². The molecule has 15 heavy (non-hydrogen) atoms. The van der Waals surface area contributed by atoms with Gasteiger partial charge in [-0.15, -0.1) is 0 Å². The van der Waals surface area contributed by atoms with Crippen molar-refractivity contribution in [2.75, 3.05) is 0 Å². The molecule has 74 valence electrons. The molecule has 0 N–H and O–H groups in total. The van der Waals surface area contributed by atoms with Crippen LogP contribution in [0.5, 0.6) is 0 Å². The highest BCUT2D eigenvalue weighted by Gasteiger charge is 2.16. The summed E-state index contributed by atoms with van der Waals surface area (Å²) in [4.78, 5) is 11.7. The number of nitriles is 2. The molecule has 0 aliphatic carbocycles. The van der Waals surface area contributed by atoms with Crippen molar-refractivity contribution in [2.45, 2.75) is 13.3 Å². The SMILES string of the molecule is CCC(C#N)C(=O)c1ccc(C#N)cc1. The van der Waals surface area contributed by atoms with Gasteiger partial charge in [-0.3, -0.25) is 4.79 Å². The van der Waals surface area contributed by atoms with Crippen LogP contribution in [0.3, 0.4) is 0 Å². The van der Waals surface area contributed by atoms with Crippen LogP contribution < -0.4 is 0 Å². The second kappa shape index (κ2) is 4.93. The molecule has 0 aliphatic rings. The Morgan fingerprint density at radius 3 is 2.33 bits per heavy atom. The predicted octanol–water partition coefficient (Wildman–Crippen LogP) is 2.29. The van der Waals surface area contributed by atoms with Gasteiger partial charge in [-0.05, 0) is 18.6 Å². The van der Waals surface area contributed by atoms with E-state index < -0.39 is 5.92 Å². The van der Waals surface area contributed by atoms with Gasteiger partial charge in [-0.25, -0.2) is 0 Å². The van der Waals surface area contributed by atoms with E-state index in [0.29, 0.717) is 17.5 Å². The van der Waals surface area contributed by atoms with Crippen molar-refractivity contribution in [2.24, 2.45) is 5.92 Å². The van der Waals surface area contributed by atoms with Crippen LogP contribution in [0.2, 0.25) is 0 Å². The molecule has 0 aliphatic heterocycles. The fourth-order valence-electron chi connectivity index (χ4n) is 1.25. The lowest BCUT2D eigenvalue weighted by Crippen LogP contribution is -2.11. The minimum atomic E-state index is -0.585. The molecule has 0 heterocycles. The van der Waals surface area contributed by atoms with Crippen molar-refractivity contribution in [1.82, 2.24) is 0 Å². The Morgan fingerprint density at radius 2 is 1.93 bits per heavy atom. The molecule has 1 rings (SSSR count). The molecule has 0 fully saturated rings. The first kappa shape index (κ1) is 10.9. The molecule has 0 radical (unpaired) electrons. The number of rotatable bonds is 3. The minimum Gasteiger partial charge on any atom is -0.293 e. The Morgan fingerprint density at radius 1 is 1.33 bits per heavy atom. The van der Waals surface area contributed by atoms with E-state index in [2.05, 4.69) is 0 Å². The summed E-state index contributed by atoms with van der Waals surface area (Å²) >= 11 is 0. The lowest BCUT2D eigenvalue weighted by atomic mass is 9.96. The number of carbonyl (C=O) groups is 1. The standard InChI is InChI=1S/C12H10N2O/c1-2-10(8-14)12(15)11-5-3-9(7-13)4-6-11/h3-6,10H,2H2,1H3. The van der Waals surface area contributed by atoms with E-state index in [1.54, 1.807) is 31.2 Å². The van der Waals surface area contributed by atoms with Gasteiger partial charge in [0.15, 0.2) is 5.78 Å². The van der Waals surface area contributed by atoms with Crippen molar-refractivity contribution < 1.29 is 4.79 Å². The van der Waals surface area contributed by atoms with Crippen LogP contribution in [0.15, 0.2) is 24.3 Å². The quantitative estimate of drug-likeness (QED) is 0.700. The molecule has 1 unspecified atom stereocenters. The van der Waals surface area contributed by atoms with Gasteiger partial charge in [-0.1, -0.05) is 19.1 Å². The number of Topliss-reactive ketones (excluding diaryl/α,β-unsaturated/α-hetero) is 1. The highest BCUT2D eigenvalue weighted by molar-refractivity contribution is 5.99. The molecule has 0 amide bonds. The molecule has 1 aromatic rings. The summed E-state index contributed by atoms with van der Waals surface area (Å²) in [6.07, 6.45) is 0.509. The monoisotopic (exact) mass is 198 g/mol. The Labute approximate surface area is 88.6 Å². The van der Waals surface area contributed by atoms with Gasteiger partial charge < -0.3 is 0 Å². The van der Waals surface area contributed by atoms with Crippen LogP contribution in [0.25, 0.3) is 0 Å². The minimum absolute atomic E-state index is 0.176. The zero-order chi connectivity index (χ0) is 11.3. The van der Waals surface area contributed by atoms with Gasteiger partial charge in [-0.2, -0.15) is 10.5 Å².